The summed E-state index contributed by atoms with van der Waals surface area (Å²) >= 11 is 4.80. The van der Waals surface area contributed by atoms with E-state index in [0.717, 1.165) is 15.0 Å². The molecule has 9 heteroatoms. The molecule has 0 saturated heterocycles. The lowest BCUT2D eigenvalue weighted by Gasteiger charge is -2.21. The molecule has 0 bridgehead atoms. The molecule has 3 aromatic rings. The van der Waals surface area contributed by atoms with E-state index in [9.17, 15) is 0 Å². The SMILES string of the molecule is c1cc(-c2nc(CSc3nnc(NC4CCCCC4)s3)no2)cs1. The average Bonchev–Trinajstić information content (AvgIpc) is 3.35. The van der Waals surface area contributed by atoms with Crippen molar-refractivity contribution in [3.63, 3.8) is 0 Å². The third-order valence-corrected chi connectivity index (χ3v) is 6.57. The molecule has 1 aliphatic rings. The van der Waals surface area contributed by atoms with Crippen LogP contribution < -0.4 is 5.32 Å². The summed E-state index contributed by atoms with van der Waals surface area (Å²) in [4.78, 5) is 4.42. The largest absolute Gasteiger partial charge is 0.357 e. The number of nitrogens with zero attached hydrogens (tertiary/aromatic N) is 4. The minimum atomic E-state index is 0.551. The Morgan fingerprint density at radius 1 is 1.25 bits per heavy atom. The number of anilines is 1. The second-order valence-electron chi connectivity index (χ2n) is 5.67. The molecule has 0 atom stereocenters. The molecule has 24 heavy (non-hydrogen) atoms. The van der Waals surface area contributed by atoms with Gasteiger partial charge in [-0.1, -0.05) is 47.5 Å². The summed E-state index contributed by atoms with van der Waals surface area (Å²) in [6, 6.07) is 2.53. The molecule has 0 spiro atoms. The predicted molar refractivity (Wildman–Crippen MR) is 97.6 cm³/mol. The zero-order valence-electron chi connectivity index (χ0n) is 13.0. The van der Waals surface area contributed by atoms with Crippen molar-refractivity contribution >= 4 is 39.6 Å². The topological polar surface area (TPSA) is 76.7 Å². The first-order valence-electron chi connectivity index (χ1n) is 7.95. The third-order valence-electron chi connectivity index (χ3n) is 3.90. The van der Waals surface area contributed by atoms with Gasteiger partial charge in [-0.15, -0.1) is 10.2 Å². The smallest absolute Gasteiger partial charge is 0.258 e. The van der Waals surface area contributed by atoms with Gasteiger partial charge < -0.3 is 9.84 Å². The number of nitrogens with one attached hydrogen (secondary N) is 1. The summed E-state index contributed by atoms with van der Waals surface area (Å²) in [7, 11) is 0. The van der Waals surface area contributed by atoms with Crippen molar-refractivity contribution < 1.29 is 4.52 Å². The molecule has 126 valence electrons. The number of aromatic nitrogens is 4. The second kappa shape index (κ2) is 7.62. The highest BCUT2D eigenvalue weighted by molar-refractivity contribution is 8.00. The summed E-state index contributed by atoms with van der Waals surface area (Å²) < 4.78 is 6.22. The lowest BCUT2D eigenvalue weighted by Crippen LogP contribution is -2.21. The van der Waals surface area contributed by atoms with Crippen LogP contribution in [0.5, 0.6) is 0 Å². The van der Waals surface area contributed by atoms with Crippen LogP contribution in [-0.2, 0) is 5.75 Å². The Hall–Kier alpha value is -1.45. The van der Waals surface area contributed by atoms with Crippen LogP contribution in [0, 0.1) is 0 Å². The van der Waals surface area contributed by atoms with Crippen LogP contribution in [0.4, 0.5) is 5.13 Å². The summed E-state index contributed by atoms with van der Waals surface area (Å²) in [5.41, 5.74) is 0.971. The van der Waals surface area contributed by atoms with E-state index in [1.54, 1.807) is 34.4 Å². The molecule has 1 aliphatic carbocycles. The van der Waals surface area contributed by atoms with Crippen molar-refractivity contribution in [2.24, 2.45) is 0 Å². The number of hydrogen-bond acceptors (Lipinski definition) is 9. The van der Waals surface area contributed by atoms with Crippen molar-refractivity contribution in [2.75, 3.05) is 5.32 Å². The van der Waals surface area contributed by atoms with Crippen LogP contribution >= 0.6 is 34.4 Å². The first-order chi connectivity index (χ1) is 11.9. The maximum Gasteiger partial charge on any atom is 0.258 e. The second-order valence-corrected chi connectivity index (χ2v) is 8.65. The van der Waals surface area contributed by atoms with E-state index in [4.69, 9.17) is 4.52 Å². The van der Waals surface area contributed by atoms with Crippen LogP contribution in [-0.4, -0.2) is 26.4 Å². The lowest BCUT2D eigenvalue weighted by molar-refractivity contribution is 0.425. The van der Waals surface area contributed by atoms with E-state index < -0.39 is 0 Å². The first kappa shape index (κ1) is 16.0. The summed E-state index contributed by atoms with van der Waals surface area (Å²) in [5, 5.41) is 20.9. The average molecular weight is 380 g/mol. The van der Waals surface area contributed by atoms with Gasteiger partial charge in [0.05, 0.1) is 11.3 Å². The van der Waals surface area contributed by atoms with Crippen molar-refractivity contribution in [3.05, 3.63) is 22.7 Å². The standard InChI is InChI=1S/C15H17N5OS3/c1-2-4-11(5-3-1)16-14-18-19-15(24-14)23-9-12-17-13(21-20-12)10-6-7-22-8-10/h6-8,11H,1-5,9H2,(H,16,18). The Labute approximate surface area is 152 Å². The summed E-state index contributed by atoms with van der Waals surface area (Å²) in [6.07, 6.45) is 6.44. The molecule has 3 heterocycles. The van der Waals surface area contributed by atoms with Gasteiger partial charge in [0.2, 0.25) is 5.13 Å². The van der Waals surface area contributed by atoms with Crippen LogP contribution in [0.2, 0.25) is 0 Å². The molecule has 0 aromatic carbocycles. The minimum absolute atomic E-state index is 0.551. The van der Waals surface area contributed by atoms with Gasteiger partial charge in [-0.2, -0.15) is 16.3 Å². The van der Waals surface area contributed by atoms with E-state index in [0.29, 0.717) is 23.5 Å². The van der Waals surface area contributed by atoms with Crippen LogP contribution in [0.25, 0.3) is 11.5 Å². The molecule has 3 aromatic heterocycles. The molecule has 0 amide bonds. The Bertz CT molecular complexity index is 764. The van der Waals surface area contributed by atoms with Gasteiger partial charge in [-0.25, -0.2) is 0 Å². The van der Waals surface area contributed by atoms with Crippen molar-refractivity contribution in [3.8, 4) is 11.5 Å². The monoisotopic (exact) mass is 379 g/mol. The van der Waals surface area contributed by atoms with Gasteiger partial charge in [-0.05, 0) is 24.3 Å². The zero-order valence-corrected chi connectivity index (χ0v) is 15.4. The van der Waals surface area contributed by atoms with Gasteiger partial charge >= 0.3 is 0 Å². The van der Waals surface area contributed by atoms with Gasteiger partial charge in [0, 0.05) is 11.4 Å². The minimum Gasteiger partial charge on any atom is -0.357 e. The van der Waals surface area contributed by atoms with Crippen LogP contribution in [0.1, 0.15) is 37.9 Å². The quantitative estimate of drug-likeness (QED) is 0.623. The first-order valence-corrected chi connectivity index (χ1v) is 10.7. The lowest BCUT2D eigenvalue weighted by atomic mass is 9.96. The van der Waals surface area contributed by atoms with E-state index in [-0.39, 0.29) is 0 Å². The summed E-state index contributed by atoms with van der Waals surface area (Å²) in [6.45, 7) is 0. The molecule has 1 N–H and O–H groups in total. The highest BCUT2D eigenvalue weighted by atomic mass is 32.2. The summed E-state index contributed by atoms with van der Waals surface area (Å²) in [5.74, 6) is 1.88. The normalized spacial score (nSPS) is 15.7. The molecular weight excluding hydrogens is 362 g/mol. The number of hydrogen-bond donors (Lipinski definition) is 1. The Balaban J connectivity index is 1.31. The Morgan fingerprint density at radius 2 is 2.17 bits per heavy atom. The molecule has 6 nitrogen and oxygen atoms in total. The highest BCUT2D eigenvalue weighted by Gasteiger charge is 2.16. The molecule has 0 unspecified atom stereocenters. The van der Waals surface area contributed by atoms with Crippen LogP contribution in [0.3, 0.4) is 0 Å². The predicted octanol–water partition coefficient (Wildman–Crippen LogP) is 4.69. The molecule has 4 rings (SSSR count). The number of thiophene rings is 1. The fourth-order valence-electron chi connectivity index (χ4n) is 2.69. The Morgan fingerprint density at radius 3 is 3.00 bits per heavy atom. The molecule has 1 saturated carbocycles. The fraction of sp³-hybridized carbons (Fsp3) is 0.467. The van der Waals surface area contributed by atoms with E-state index >= 15 is 0 Å². The Kier molecular flexibility index (Phi) is 5.10. The zero-order chi connectivity index (χ0) is 16.2. The highest BCUT2D eigenvalue weighted by Crippen LogP contribution is 2.30. The maximum atomic E-state index is 5.29. The molecule has 1 fully saturated rings. The van der Waals surface area contributed by atoms with Crippen molar-refractivity contribution in [1.82, 2.24) is 20.3 Å². The molecular formula is C15H17N5OS3. The maximum absolute atomic E-state index is 5.29. The van der Waals surface area contributed by atoms with Gasteiger partial charge in [0.1, 0.15) is 0 Å². The van der Waals surface area contributed by atoms with E-state index in [1.807, 2.05) is 16.8 Å². The number of rotatable bonds is 6. The van der Waals surface area contributed by atoms with Gasteiger partial charge in [-0.3, -0.25) is 0 Å². The van der Waals surface area contributed by atoms with E-state index in [2.05, 4.69) is 25.7 Å². The fourth-order valence-corrected chi connectivity index (χ4v) is 4.99. The van der Waals surface area contributed by atoms with Crippen molar-refractivity contribution in [1.29, 1.82) is 0 Å². The molecule has 0 aliphatic heterocycles. The van der Waals surface area contributed by atoms with Crippen molar-refractivity contribution in [2.45, 2.75) is 48.2 Å². The van der Waals surface area contributed by atoms with Gasteiger partial charge in [0.25, 0.3) is 5.89 Å². The third kappa shape index (κ3) is 3.96. The van der Waals surface area contributed by atoms with Gasteiger partial charge in [0.15, 0.2) is 10.2 Å². The van der Waals surface area contributed by atoms with Crippen LogP contribution in [0.15, 0.2) is 25.7 Å². The van der Waals surface area contributed by atoms with E-state index in [1.165, 1.54) is 32.1 Å². The molecule has 0 radical (unpaired) electrons. The number of thioether (sulfide) groups is 1.